The number of hydrazine groups is 1. The molecule has 3 N–H and O–H groups in total. The highest BCUT2D eigenvalue weighted by Crippen LogP contribution is 2.27. The molecule has 0 bridgehead atoms. The summed E-state index contributed by atoms with van der Waals surface area (Å²) in [5.74, 6) is 6.23. The van der Waals surface area contributed by atoms with Gasteiger partial charge in [-0.2, -0.15) is 0 Å². The van der Waals surface area contributed by atoms with E-state index >= 15 is 0 Å². The number of anilines is 1. The number of nitrogens with zero attached hydrogens (tertiary/aromatic N) is 2. The number of nitrogen functional groups attached to an aromatic ring is 1. The molecule has 0 amide bonds. The Morgan fingerprint density at radius 1 is 1.35 bits per heavy atom. The number of hydrogen-bond donors (Lipinski definition) is 2. The van der Waals surface area contributed by atoms with Crippen LogP contribution >= 0.6 is 0 Å². The first-order chi connectivity index (χ1) is 9.69. The van der Waals surface area contributed by atoms with Gasteiger partial charge in [0.1, 0.15) is 11.6 Å². The van der Waals surface area contributed by atoms with E-state index < -0.39 is 0 Å². The van der Waals surface area contributed by atoms with Crippen LogP contribution in [0.3, 0.4) is 0 Å². The van der Waals surface area contributed by atoms with E-state index in [1.807, 2.05) is 6.92 Å². The lowest BCUT2D eigenvalue weighted by atomic mass is 10.1. The molecule has 6 heteroatoms. The number of aromatic nitrogens is 2. The first-order valence-corrected chi connectivity index (χ1v) is 6.39. The lowest BCUT2D eigenvalue weighted by Gasteiger charge is -2.19. The van der Waals surface area contributed by atoms with E-state index in [-0.39, 0.29) is 5.82 Å². The Hall–Kier alpha value is -2.05. The average Bonchev–Trinajstić information content (AvgIpc) is 2.48. The lowest BCUT2D eigenvalue weighted by Crippen LogP contribution is -2.19. The lowest BCUT2D eigenvalue weighted by molar-refractivity contribution is 0.109. The van der Waals surface area contributed by atoms with Crippen molar-refractivity contribution in [3.05, 3.63) is 40.8 Å². The van der Waals surface area contributed by atoms with E-state index in [4.69, 9.17) is 10.6 Å². The van der Waals surface area contributed by atoms with Crippen molar-refractivity contribution in [2.24, 2.45) is 5.84 Å². The molecule has 0 saturated carbocycles. The van der Waals surface area contributed by atoms with Gasteiger partial charge in [-0.05, 0) is 24.6 Å². The van der Waals surface area contributed by atoms with E-state index in [1.54, 1.807) is 6.07 Å². The second-order valence-corrected chi connectivity index (χ2v) is 4.73. The van der Waals surface area contributed by atoms with Crippen molar-refractivity contribution in [3.63, 3.8) is 0 Å². The van der Waals surface area contributed by atoms with Crippen LogP contribution in [0.25, 0.3) is 11.4 Å². The highest BCUT2D eigenvalue weighted by molar-refractivity contribution is 5.63. The molecule has 0 aliphatic carbocycles. The maximum absolute atomic E-state index is 13.4. The second kappa shape index (κ2) is 5.15. The molecule has 20 heavy (non-hydrogen) atoms. The fourth-order valence-electron chi connectivity index (χ4n) is 2.31. The molecule has 5 nitrogen and oxygen atoms in total. The molecule has 0 fully saturated rings. The van der Waals surface area contributed by atoms with E-state index in [0.29, 0.717) is 36.8 Å². The van der Waals surface area contributed by atoms with Crippen LogP contribution < -0.4 is 11.3 Å². The summed E-state index contributed by atoms with van der Waals surface area (Å²) in [6.45, 7) is 2.96. The van der Waals surface area contributed by atoms with E-state index in [9.17, 15) is 4.39 Å². The van der Waals surface area contributed by atoms with E-state index in [0.717, 1.165) is 16.8 Å². The van der Waals surface area contributed by atoms with Gasteiger partial charge in [0.15, 0.2) is 5.82 Å². The number of rotatable bonds is 2. The van der Waals surface area contributed by atoms with Gasteiger partial charge in [0.25, 0.3) is 0 Å². The van der Waals surface area contributed by atoms with Crippen LogP contribution in [0.2, 0.25) is 0 Å². The molecule has 0 unspecified atom stereocenters. The SMILES string of the molecule is Cc1ccc(F)cc1-c1nc2c(c(NN)n1)COCC2. The number of benzene rings is 1. The Kier molecular flexibility index (Phi) is 3.33. The van der Waals surface area contributed by atoms with E-state index in [1.165, 1.54) is 12.1 Å². The van der Waals surface area contributed by atoms with Crippen LogP contribution in [0.4, 0.5) is 10.2 Å². The van der Waals surface area contributed by atoms with Gasteiger partial charge in [-0.1, -0.05) is 6.07 Å². The number of aryl methyl sites for hydroxylation is 1. The number of ether oxygens (including phenoxy) is 1. The van der Waals surface area contributed by atoms with Gasteiger partial charge in [0.05, 0.1) is 18.9 Å². The summed E-state index contributed by atoms with van der Waals surface area (Å²) in [6, 6.07) is 4.58. The monoisotopic (exact) mass is 274 g/mol. The van der Waals surface area contributed by atoms with E-state index in [2.05, 4.69) is 15.4 Å². The number of hydrogen-bond acceptors (Lipinski definition) is 5. The van der Waals surface area contributed by atoms with Crippen LogP contribution in [0.5, 0.6) is 0 Å². The highest BCUT2D eigenvalue weighted by Gasteiger charge is 2.19. The molecular weight excluding hydrogens is 259 g/mol. The molecular formula is C14H15FN4O. The fraction of sp³-hybridized carbons (Fsp3) is 0.286. The Morgan fingerprint density at radius 2 is 2.20 bits per heavy atom. The van der Waals surface area contributed by atoms with Gasteiger partial charge < -0.3 is 10.2 Å². The molecule has 1 aliphatic heterocycles. The van der Waals surface area contributed by atoms with Crippen molar-refractivity contribution in [2.75, 3.05) is 12.0 Å². The number of nitrogens with one attached hydrogen (secondary N) is 1. The maximum atomic E-state index is 13.4. The summed E-state index contributed by atoms with van der Waals surface area (Å²) >= 11 is 0. The topological polar surface area (TPSA) is 73.1 Å². The van der Waals surface area contributed by atoms with Crippen molar-refractivity contribution in [2.45, 2.75) is 20.0 Å². The van der Waals surface area contributed by atoms with Crippen LogP contribution in [0.15, 0.2) is 18.2 Å². The van der Waals surface area contributed by atoms with Gasteiger partial charge in [0, 0.05) is 17.5 Å². The minimum absolute atomic E-state index is 0.308. The van der Waals surface area contributed by atoms with Gasteiger partial charge >= 0.3 is 0 Å². The summed E-state index contributed by atoms with van der Waals surface area (Å²) in [5.41, 5.74) is 5.94. The minimum Gasteiger partial charge on any atom is -0.376 e. The zero-order valence-corrected chi connectivity index (χ0v) is 11.1. The predicted molar refractivity (Wildman–Crippen MR) is 73.3 cm³/mol. The van der Waals surface area contributed by atoms with Gasteiger partial charge in [-0.25, -0.2) is 20.2 Å². The summed E-state index contributed by atoms with van der Waals surface area (Å²) < 4.78 is 18.8. The molecule has 1 aliphatic rings. The third-order valence-electron chi connectivity index (χ3n) is 3.40. The van der Waals surface area contributed by atoms with Crippen molar-refractivity contribution in [1.82, 2.24) is 9.97 Å². The molecule has 0 atom stereocenters. The van der Waals surface area contributed by atoms with Gasteiger partial charge in [-0.3, -0.25) is 0 Å². The Labute approximate surface area is 116 Å². The van der Waals surface area contributed by atoms with Gasteiger partial charge in [-0.15, -0.1) is 0 Å². The molecule has 3 rings (SSSR count). The van der Waals surface area contributed by atoms with Crippen LogP contribution in [0.1, 0.15) is 16.8 Å². The second-order valence-electron chi connectivity index (χ2n) is 4.73. The summed E-state index contributed by atoms with van der Waals surface area (Å²) in [5, 5.41) is 0. The zero-order chi connectivity index (χ0) is 14.1. The minimum atomic E-state index is -0.308. The average molecular weight is 274 g/mol. The number of fused-ring (bicyclic) bond motifs is 1. The standard InChI is InChI=1S/C14H15FN4O/c1-8-2-3-9(15)6-10(8)13-17-12-4-5-20-7-11(12)14(18-13)19-16/h2-3,6H,4-5,7,16H2,1H3,(H,17,18,19). The van der Waals surface area contributed by atoms with Crippen molar-refractivity contribution < 1.29 is 9.13 Å². The summed E-state index contributed by atoms with van der Waals surface area (Å²) in [4.78, 5) is 8.92. The third kappa shape index (κ3) is 2.23. The quantitative estimate of drug-likeness (QED) is 0.647. The first kappa shape index (κ1) is 13.0. The number of halogens is 1. The first-order valence-electron chi connectivity index (χ1n) is 6.39. The molecule has 2 heterocycles. The Morgan fingerprint density at radius 3 is 3.00 bits per heavy atom. The van der Waals surface area contributed by atoms with Crippen LogP contribution in [0, 0.1) is 12.7 Å². The molecule has 104 valence electrons. The maximum Gasteiger partial charge on any atom is 0.162 e. The van der Waals surface area contributed by atoms with Crippen LogP contribution in [-0.2, 0) is 17.8 Å². The normalized spacial score (nSPS) is 13.9. The molecule has 2 aromatic rings. The molecule has 1 aromatic heterocycles. The highest BCUT2D eigenvalue weighted by atomic mass is 19.1. The smallest absolute Gasteiger partial charge is 0.162 e. The Balaban J connectivity index is 2.17. The molecule has 0 saturated heterocycles. The largest absolute Gasteiger partial charge is 0.376 e. The molecule has 1 aromatic carbocycles. The Bertz CT molecular complexity index is 643. The summed E-state index contributed by atoms with van der Waals surface area (Å²) in [6.07, 6.45) is 0.702. The van der Waals surface area contributed by atoms with Crippen molar-refractivity contribution >= 4 is 5.82 Å². The summed E-state index contributed by atoms with van der Waals surface area (Å²) in [7, 11) is 0. The zero-order valence-electron chi connectivity index (χ0n) is 11.1. The third-order valence-corrected chi connectivity index (χ3v) is 3.40. The molecule has 0 radical (unpaired) electrons. The van der Waals surface area contributed by atoms with Gasteiger partial charge in [0.2, 0.25) is 0 Å². The van der Waals surface area contributed by atoms with Crippen LogP contribution in [-0.4, -0.2) is 16.6 Å². The number of nitrogens with two attached hydrogens (primary N) is 1. The van der Waals surface area contributed by atoms with Crippen molar-refractivity contribution in [3.8, 4) is 11.4 Å². The molecule has 0 spiro atoms. The fourth-order valence-corrected chi connectivity index (χ4v) is 2.31. The predicted octanol–water partition coefficient (Wildman–Crippen LogP) is 1.95. The van der Waals surface area contributed by atoms with Crippen molar-refractivity contribution in [1.29, 1.82) is 0 Å².